The molecule has 3 N–H and O–H groups in total. The number of rotatable bonds is 10. The molecule has 0 saturated carbocycles. The Balaban J connectivity index is 1.73. The van der Waals surface area contributed by atoms with Gasteiger partial charge in [0.25, 0.3) is 0 Å². The van der Waals surface area contributed by atoms with Gasteiger partial charge in [-0.25, -0.2) is 9.18 Å². The number of carbonyl (C=O) groups is 1. The number of carboxylic acids is 1. The topological polar surface area (TPSA) is 83.5 Å². The predicted molar refractivity (Wildman–Crippen MR) is 119 cm³/mol. The van der Waals surface area contributed by atoms with Crippen molar-refractivity contribution in [3.05, 3.63) is 77.9 Å². The fourth-order valence-electron chi connectivity index (χ4n) is 3.37. The Bertz CT molecular complexity index is 1120. The van der Waals surface area contributed by atoms with Gasteiger partial charge in [-0.05, 0) is 35.9 Å². The van der Waals surface area contributed by atoms with E-state index in [4.69, 9.17) is 0 Å². The van der Waals surface area contributed by atoms with Crippen LogP contribution in [0.5, 0.6) is 5.75 Å². The summed E-state index contributed by atoms with van der Waals surface area (Å²) in [6, 6.07) is 11.8. The van der Waals surface area contributed by atoms with Gasteiger partial charge in [-0.2, -0.15) is 13.2 Å². The number of hydrogen-bond donors (Lipinski definition) is 3. The molecule has 1 atom stereocenters. The van der Waals surface area contributed by atoms with Crippen molar-refractivity contribution >= 4 is 11.7 Å². The number of hydrogen-bond acceptors (Lipinski definition) is 5. The third kappa shape index (κ3) is 6.67. The number of benzene rings is 2. The number of ether oxygens (including phenoxy) is 1. The number of anilines is 1. The Hall–Kier alpha value is -3.66. The first-order valence-corrected chi connectivity index (χ1v) is 10.4. The van der Waals surface area contributed by atoms with Crippen molar-refractivity contribution in [3.8, 4) is 16.9 Å². The average molecular weight is 477 g/mol. The van der Waals surface area contributed by atoms with Gasteiger partial charge in [0.1, 0.15) is 11.6 Å². The maximum Gasteiger partial charge on any atom is 0.422 e. The van der Waals surface area contributed by atoms with Crippen molar-refractivity contribution in [2.75, 3.05) is 25.0 Å². The highest BCUT2D eigenvalue weighted by Crippen LogP contribution is 2.28. The monoisotopic (exact) mass is 477 g/mol. The van der Waals surface area contributed by atoms with E-state index in [-0.39, 0.29) is 22.9 Å². The molecule has 0 radical (unpaired) electrons. The molecule has 3 rings (SSSR count). The van der Waals surface area contributed by atoms with E-state index in [9.17, 15) is 27.5 Å². The highest BCUT2D eigenvalue weighted by atomic mass is 19.4. The Morgan fingerprint density at radius 3 is 2.50 bits per heavy atom. The number of nitrogens with one attached hydrogen (secondary N) is 2. The second-order valence-corrected chi connectivity index (χ2v) is 7.39. The van der Waals surface area contributed by atoms with E-state index in [2.05, 4.69) is 20.4 Å². The zero-order valence-electron chi connectivity index (χ0n) is 18.2. The molecule has 1 aromatic heterocycles. The standard InChI is InChI=1S/C24H23F4N3O3/c1-2-30-21(13-31-22-12-29-10-9-19(22)23(32)33)16-5-3-15(4-6-16)18-8-7-17(11-20(18)25)34-14-24(26,27)28/h3-12,21,30-31H,2,13-14H2,1H3,(H,32,33). The normalized spacial score (nSPS) is 12.3. The molecule has 0 aliphatic rings. The first-order valence-electron chi connectivity index (χ1n) is 10.4. The maximum atomic E-state index is 14.5. The summed E-state index contributed by atoms with van der Waals surface area (Å²) in [6.45, 7) is 1.47. The molecule has 2 aromatic carbocycles. The number of nitrogens with zero attached hydrogens (tertiary/aromatic N) is 1. The Labute approximate surface area is 193 Å². The van der Waals surface area contributed by atoms with E-state index in [1.165, 1.54) is 30.6 Å². The zero-order valence-corrected chi connectivity index (χ0v) is 18.2. The van der Waals surface area contributed by atoms with Crippen molar-refractivity contribution in [1.29, 1.82) is 0 Å². The first kappa shape index (κ1) is 25.0. The van der Waals surface area contributed by atoms with Gasteiger partial charge < -0.3 is 20.5 Å². The van der Waals surface area contributed by atoms with Crippen LogP contribution in [0.15, 0.2) is 60.9 Å². The molecule has 0 fully saturated rings. The summed E-state index contributed by atoms with van der Waals surface area (Å²) in [5, 5.41) is 15.7. The summed E-state index contributed by atoms with van der Waals surface area (Å²) in [4.78, 5) is 15.4. The van der Waals surface area contributed by atoms with Gasteiger partial charge in [0.05, 0.1) is 17.4 Å². The lowest BCUT2D eigenvalue weighted by atomic mass is 10.00. The number of alkyl halides is 3. The molecule has 1 heterocycles. The molecule has 0 aliphatic carbocycles. The van der Waals surface area contributed by atoms with Crippen LogP contribution in [0, 0.1) is 5.82 Å². The third-order valence-corrected chi connectivity index (χ3v) is 4.97. The summed E-state index contributed by atoms with van der Waals surface area (Å²) < 4.78 is 56.0. The fourth-order valence-corrected chi connectivity index (χ4v) is 3.37. The largest absolute Gasteiger partial charge is 0.484 e. The van der Waals surface area contributed by atoms with Crippen molar-refractivity contribution in [1.82, 2.24) is 10.3 Å². The van der Waals surface area contributed by atoms with Gasteiger partial charge in [-0.3, -0.25) is 4.98 Å². The number of likely N-dealkylation sites (N-methyl/N-ethyl adjacent to an activating group) is 1. The summed E-state index contributed by atoms with van der Waals surface area (Å²) in [6.07, 6.45) is -1.65. The lowest BCUT2D eigenvalue weighted by Crippen LogP contribution is -2.28. The Morgan fingerprint density at radius 1 is 1.15 bits per heavy atom. The second kappa shape index (κ2) is 11.0. The van der Waals surface area contributed by atoms with E-state index in [1.807, 2.05) is 6.92 Å². The Morgan fingerprint density at radius 2 is 1.88 bits per heavy atom. The fraction of sp³-hybridized carbons (Fsp3) is 0.250. The molecule has 6 nitrogen and oxygen atoms in total. The molecular weight excluding hydrogens is 454 g/mol. The van der Waals surface area contributed by atoms with Crippen LogP contribution in [0.4, 0.5) is 23.2 Å². The lowest BCUT2D eigenvalue weighted by molar-refractivity contribution is -0.153. The van der Waals surface area contributed by atoms with Gasteiger partial charge in [0.15, 0.2) is 6.61 Å². The van der Waals surface area contributed by atoms with E-state index in [0.29, 0.717) is 24.3 Å². The number of pyridine rings is 1. The molecular formula is C24H23F4N3O3. The minimum atomic E-state index is -4.50. The molecule has 0 aliphatic heterocycles. The number of aromatic carboxylic acids is 1. The van der Waals surface area contributed by atoms with Crippen molar-refractivity contribution in [3.63, 3.8) is 0 Å². The summed E-state index contributed by atoms with van der Waals surface area (Å²) >= 11 is 0. The second-order valence-electron chi connectivity index (χ2n) is 7.39. The molecule has 180 valence electrons. The van der Waals surface area contributed by atoms with Crippen LogP contribution in [-0.4, -0.2) is 41.9 Å². The summed E-state index contributed by atoms with van der Waals surface area (Å²) in [7, 11) is 0. The summed E-state index contributed by atoms with van der Waals surface area (Å²) in [5.41, 5.74) is 2.16. The molecule has 0 amide bonds. The molecule has 10 heteroatoms. The Kier molecular flexibility index (Phi) is 8.06. The molecule has 3 aromatic rings. The van der Waals surface area contributed by atoms with Crippen LogP contribution in [-0.2, 0) is 0 Å². The number of halogens is 4. The number of carboxylic acid groups (broad SMARTS) is 1. The van der Waals surface area contributed by atoms with Gasteiger partial charge in [0.2, 0.25) is 0 Å². The first-order chi connectivity index (χ1) is 16.2. The smallest absolute Gasteiger partial charge is 0.422 e. The van der Waals surface area contributed by atoms with Crippen LogP contribution in [0.25, 0.3) is 11.1 Å². The van der Waals surface area contributed by atoms with E-state index in [1.54, 1.807) is 24.3 Å². The van der Waals surface area contributed by atoms with Crippen molar-refractivity contribution in [2.24, 2.45) is 0 Å². The maximum absolute atomic E-state index is 14.5. The van der Waals surface area contributed by atoms with Crippen LogP contribution in [0.2, 0.25) is 0 Å². The van der Waals surface area contributed by atoms with Crippen LogP contribution < -0.4 is 15.4 Å². The van der Waals surface area contributed by atoms with Crippen molar-refractivity contribution in [2.45, 2.75) is 19.1 Å². The van der Waals surface area contributed by atoms with Gasteiger partial charge in [0, 0.05) is 30.4 Å². The molecule has 34 heavy (non-hydrogen) atoms. The van der Waals surface area contributed by atoms with Gasteiger partial charge in [-0.15, -0.1) is 0 Å². The third-order valence-electron chi connectivity index (χ3n) is 4.97. The SMILES string of the molecule is CCNC(CNc1cnccc1C(=O)O)c1ccc(-c2ccc(OCC(F)(F)F)cc2F)cc1. The minimum absolute atomic E-state index is 0.110. The van der Waals surface area contributed by atoms with Gasteiger partial charge >= 0.3 is 12.1 Å². The molecule has 0 spiro atoms. The van der Waals surface area contributed by atoms with E-state index < -0.39 is 24.6 Å². The highest BCUT2D eigenvalue weighted by Gasteiger charge is 2.28. The molecule has 0 bridgehead atoms. The van der Waals surface area contributed by atoms with Gasteiger partial charge in [-0.1, -0.05) is 31.2 Å². The van der Waals surface area contributed by atoms with E-state index >= 15 is 0 Å². The average Bonchev–Trinajstić information content (AvgIpc) is 2.80. The molecule has 1 unspecified atom stereocenters. The zero-order chi connectivity index (χ0) is 24.7. The molecule has 0 saturated heterocycles. The van der Waals surface area contributed by atoms with Crippen LogP contribution in [0.1, 0.15) is 28.9 Å². The van der Waals surface area contributed by atoms with Crippen molar-refractivity contribution < 1.29 is 32.2 Å². The minimum Gasteiger partial charge on any atom is -0.484 e. The highest BCUT2D eigenvalue weighted by molar-refractivity contribution is 5.93. The van der Waals surface area contributed by atoms with E-state index in [0.717, 1.165) is 11.6 Å². The predicted octanol–water partition coefficient (Wildman–Crippen LogP) is 5.29. The van der Waals surface area contributed by atoms with Crippen LogP contribution >= 0.6 is 0 Å². The number of aromatic nitrogens is 1. The lowest BCUT2D eigenvalue weighted by Gasteiger charge is -2.20. The van der Waals surface area contributed by atoms with Crippen LogP contribution in [0.3, 0.4) is 0 Å². The summed E-state index contributed by atoms with van der Waals surface area (Å²) in [5.74, 6) is -1.97. The quantitative estimate of drug-likeness (QED) is 0.344.